The molecule has 2 heterocycles. The normalized spacial score (nSPS) is 10.7. The van der Waals surface area contributed by atoms with Crippen LogP contribution in [0.25, 0.3) is 0 Å². The van der Waals surface area contributed by atoms with E-state index in [1.165, 1.54) is 12.3 Å². The highest BCUT2D eigenvalue weighted by atomic mass is 79.9. The predicted molar refractivity (Wildman–Crippen MR) is 68.9 cm³/mol. The minimum Gasteiger partial charge on any atom is -0.486 e. The van der Waals surface area contributed by atoms with Gasteiger partial charge in [0.1, 0.15) is 12.4 Å². The van der Waals surface area contributed by atoms with Gasteiger partial charge < -0.3 is 4.74 Å². The first-order valence-corrected chi connectivity index (χ1v) is 6.37. The number of pyridine rings is 1. The smallest absolute Gasteiger partial charge is 0.213 e. The second kappa shape index (κ2) is 5.48. The van der Waals surface area contributed by atoms with Crippen molar-refractivity contribution in [1.29, 1.82) is 0 Å². The van der Waals surface area contributed by atoms with Crippen molar-refractivity contribution in [2.45, 2.75) is 27.0 Å². The molecule has 0 spiro atoms. The second-order valence-corrected chi connectivity index (χ2v) is 4.56. The van der Waals surface area contributed by atoms with Gasteiger partial charge in [-0.25, -0.2) is 4.98 Å². The summed E-state index contributed by atoms with van der Waals surface area (Å²) in [6.45, 7) is 5.08. The van der Waals surface area contributed by atoms with Crippen molar-refractivity contribution in [3.8, 4) is 5.75 Å². The van der Waals surface area contributed by atoms with Crippen molar-refractivity contribution >= 4 is 15.9 Å². The highest BCUT2D eigenvalue weighted by Crippen LogP contribution is 2.22. The first kappa shape index (κ1) is 13.0. The van der Waals surface area contributed by atoms with E-state index in [9.17, 15) is 4.39 Å². The maximum absolute atomic E-state index is 12.6. The summed E-state index contributed by atoms with van der Waals surface area (Å²) < 4.78 is 21.0. The molecule has 0 aromatic carbocycles. The number of halogens is 2. The van der Waals surface area contributed by atoms with Crippen LogP contribution < -0.4 is 4.74 Å². The molecule has 4 nitrogen and oxygen atoms in total. The molecule has 0 saturated carbocycles. The SMILES string of the molecule is CCn1nc(C)c(Br)c1COc1ccc(F)nc1. The lowest BCUT2D eigenvalue weighted by atomic mass is 10.4. The third-order valence-electron chi connectivity index (χ3n) is 2.53. The van der Waals surface area contributed by atoms with Crippen molar-refractivity contribution < 1.29 is 9.13 Å². The van der Waals surface area contributed by atoms with E-state index in [0.29, 0.717) is 12.4 Å². The molecule has 0 amide bonds. The van der Waals surface area contributed by atoms with Crippen LogP contribution in [0.1, 0.15) is 18.3 Å². The highest BCUT2D eigenvalue weighted by molar-refractivity contribution is 9.10. The first-order valence-electron chi connectivity index (χ1n) is 5.58. The molecule has 2 aromatic rings. The van der Waals surface area contributed by atoms with Crippen LogP contribution in [0.3, 0.4) is 0 Å². The predicted octanol–water partition coefficient (Wildman–Crippen LogP) is 3.09. The van der Waals surface area contributed by atoms with Crippen molar-refractivity contribution in [2.24, 2.45) is 0 Å². The summed E-state index contributed by atoms with van der Waals surface area (Å²) in [4.78, 5) is 3.54. The van der Waals surface area contributed by atoms with Gasteiger partial charge in [-0.05, 0) is 41.9 Å². The molecule has 0 bridgehead atoms. The van der Waals surface area contributed by atoms with Gasteiger partial charge in [-0.1, -0.05) is 0 Å². The molecular formula is C12H13BrFN3O. The number of ether oxygens (including phenoxy) is 1. The Morgan fingerprint density at radius 3 is 2.83 bits per heavy atom. The monoisotopic (exact) mass is 313 g/mol. The molecule has 0 N–H and O–H groups in total. The third kappa shape index (κ3) is 2.69. The minimum absolute atomic E-state index is 0.364. The maximum Gasteiger partial charge on any atom is 0.213 e. The Kier molecular flexibility index (Phi) is 3.96. The van der Waals surface area contributed by atoms with Crippen LogP contribution >= 0.6 is 15.9 Å². The van der Waals surface area contributed by atoms with Gasteiger partial charge in [0, 0.05) is 6.54 Å². The molecule has 2 rings (SSSR count). The van der Waals surface area contributed by atoms with E-state index in [1.807, 2.05) is 18.5 Å². The molecule has 0 unspecified atom stereocenters. The molecular weight excluding hydrogens is 301 g/mol. The summed E-state index contributed by atoms with van der Waals surface area (Å²) in [5.74, 6) is 0.0165. The van der Waals surface area contributed by atoms with E-state index < -0.39 is 5.95 Å². The zero-order chi connectivity index (χ0) is 13.1. The van der Waals surface area contributed by atoms with E-state index in [0.717, 1.165) is 22.4 Å². The number of nitrogens with zero attached hydrogens (tertiary/aromatic N) is 3. The molecule has 0 atom stereocenters. The number of hydrogen-bond donors (Lipinski definition) is 0. The van der Waals surface area contributed by atoms with Gasteiger partial charge in [0.15, 0.2) is 0 Å². The number of rotatable bonds is 4. The lowest BCUT2D eigenvalue weighted by molar-refractivity contribution is 0.289. The van der Waals surface area contributed by atoms with Crippen LogP contribution in [0.4, 0.5) is 4.39 Å². The molecule has 0 saturated heterocycles. The summed E-state index contributed by atoms with van der Waals surface area (Å²) in [5, 5.41) is 4.37. The maximum atomic E-state index is 12.6. The van der Waals surface area contributed by atoms with E-state index in [4.69, 9.17) is 4.74 Å². The fraction of sp³-hybridized carbons (Fsp3) is 0.333. The van der Waals surface area contributed by atoms with Crippen LogP contribution in [0.15, 0.2) is 22.8 Å². The highest BCUT2D eigenvalue weighted by Gasteiger charge is 2.12. The van der Waals surface area contributed by atoms with Gasteiger partial charge >= 0.3 is 0 Å². The Balaban J connectivity index is 2.12. The second-order valence-electron chi connectivity index (χ2n) is 3.77. The Hall–Kier alpha value is -1.43. The van der Waals surface area contributed by atoms with Gasteiger partial charge in [0.05, 0.1) is 22.1 Å². The van der Waals surface area contributed by atoms with Gasteiger partial charge in [-0.15, -0.1) is 0 Å². The molecule has 0 fully saturated rings. The Morgan fingerprint density at radius 1 is 1.44 bits per heavy atom. The molecule has 0 aliphatic heterocycles. The standard InChI is InChI=1S/C12H13BrFN3O/c1-3-17-10(12(13)8(2)16-17)7-18-9-4-5-11(14)15-6-9/h4-6H,3,7H2,1-2H3. The number of aromatic nitrogens is 3. The lowest BCUT2D eigenvalue weighted by Crippen LogP contribution is -2.06. The quantitative estimate of drug-likeness (QED) is 0.814. The molecule has 96 valence electrons. The number of aryl methyl sites for hydroxylation is 2. The van der Waals surface area contributed by atoms with Crippen LogP contribution in [0, 0.1) is 12.9 Å². The zero-order valence-electron chi connectivity index (χ0n) is 10.2. The first-order chi connectivity index (χ1) is 8.61. The summed E-state index contributed by atoms with van der Waals surface area (Å²) in [5.41, 5.74) is 1.88. The Labute approximate surface area is 113 Å². The van der Waals surface area contributed by atoms with Gasteiger partial charge in [-0.2, -0.15) is 9.49 Å². The van der Waals surface area contributed by atoms with Gasteiger partial charge in [0.2, 0.25) is 5.95 Å². The van der Waals surface area contributed by atoms with Gasteiger partial charge in [0.25, 0.3) is 0 Å². The molecule has 0 aliphatic carbocycles. The zero-order valence-corrected chi connectivity index (χ0v) is 11.7. The topological polar surface area (TPSA) is 39.9 Å². The van der Waals surface area contributed by atoms with E-state index in [1.54, 1.807) is 6.07 Å². The van der Waals surface area contributed by atoms with Crippen molar-refractivity contribution in [3.63, 3.8) is 0 Å². The van der Waals surface area contributed by atoms with Crippen LogP contribution in [-0.4, -0.2) is 14.8 Å². The van der Waals surface area contributed by atoms with Crippen molar-refractivity contribution in [3.05, 3.63) is 40.1 Å². The minimum atomic E-state index is -0.516. The van der Waals surface area contributed by atoms with E-state index in [2.05, 4.69) is 26.0 Å². The van der Waals surface area contributed by atoms with Crippen LogP contribution in [0.5, 0.6) is 5.75 Å². The fourth-order valence-electron chi connectivity index (χ4n) is 1.61. The summed E-state index contributed by atoms with van der Waals surface area (Å²) in [7, 11) is 0. The molecule has 0 aliphatic rings. The fourth-order valence-corrected chi connectivity index (χ4v) is 2.00. The Morgan fingerprint density at radius 2 is 2.22 bits per heavy atom. The average molecular weight is 314 g/mol. The molecule has 2 aromatic heterocycles. The van der Waals surface area contributed by atoms with E-state index in [-0.39, 0.29) is 0 Å². The summed E-state index contributed by atoms with van der Waals surface area (Å²) in [6, 6.07) is 2.82. The Bertz CT molecular complexity index is 539. The van der Waals surface area contributed by atoms with Crippen molar-refractivity contribution in [1.82, 2.24) is 14.8 Å². The van der Waals surface area contributed by atoms with E-state index >= 15 is 0 Å². The summed E-state index contributed by atoms with van der Waals surface area (Å²) >= 11 is 3.49. The van der Waals surface area contributed by atoms with Crippen LogP contribution in [0.2, 0.25) is 0 Å². The largest absolute Gasteiger partial charge is 0.486 e. The van der Waals surface area contributed by atoms with Crippen LogP contribution in [-0.2, 0) is 13.2 Å². The summed E-state index contributed by atoms with van der Waals surface area (Å²) in [6.07, 6.45) is 1.36. The number of hydrogen-bond acceptors (Lipinski definition) is 3. The van der Waals surface area contributed by atoms with Crippen molar-refractivity contribution in [2.75, 3.05) is 0 Å². The molecule has 18 heavy (non-hydrogen) atoms. The van der Waals surface area contributed by atoms with Gasteiger partial charge in [-0.3, -0.25) is 4.68 Å². The molecule has 6 heteroatoms. The molecule has 0 radical (unpaired) electrons. The average Bonchev–Trinajstić information content (AvgIpc) is 2.65. The third-order valence-corrected chi connectivity index (χ3v) is 3.56. The lowest BCUT2D eigenvalue weighted by Gasteiger charge is -2.08.